The smallest absolute Gasteiger partial charge is 0.0508 e. The van der Waals surface area contributed by atoms with Crippen molar-refractivity contribution in [3.05, 3.63) is 47.0 Å². The van der Waals surface area contributed by atoms with Crippen LogP contribution in [0.2, 0.25) is 0 Å². The summed E-state index contributed by atoms with van der Waals surface area (Å²) < 4.78 is 0. The highest BCUT2D eigenvalue weighted by Crippen LogP contribution is 2.65. The lowest BCUT2D eigenvalue weighted by Crippen LogP contribution is -2.43. The molecule has 3 fully saturated rings. The lowest BCUT2D eigenvalue weighted by atomic mass is 9.52. The van der Waals surface area contributed by atoms with Crippen LogP contribution in [0.25, 0.3) is 0 Å². The number of hydrogen-bond acceptors (Lipinski definition) is 0. The van der Waals surface area contributed by atoms with Gasteiger partial charge in [-0.15, -0.1) is 6.42 Å². The zero-order valence-electron chi connectivity index (χ0n) is 16.1. The number of benzene rings is 1. The molecular weight excluding hydrogens is 312 g/mol. The number of allylic oxidation sites excluding steroid dienone is 2. The van der Waals surface area contributed by atoms with Crippen molar-refractivity contribution in [1.29, 1.82) is 0 Å². The molecule has 26 heavy (non-hydrogen) atoms. The molecule has 0 heterocycles. The summed E-state index contributed by atoms with van der Waals surface area (Å²) in [7, 11) is 0. The zero-order valence-corrected chi connectivity index (χ0v) is 16.1. The molecule has 0 bridgehead atoms. The number of rotatable bonds is 2. The van der Waals surface area contributed by atoms with Crippen LogP contribution < -0.4 is 0 Å². The van der Waals surface area contributed by atoms with Gasteiger partial charge in [0.05, 0.1) is 5.92 Å². The quantitative estimate of drug-likeness (QED) is 0.405. The van der Waals surface area contributed by atoms with Crippen LogP contribution in [0.3, 0.4) is 0 Å². The Morgan fingerprint density at radius 2 is 1.77 bits per heavy atom. The summed E-state index contributed by atoms with van der Waals surface area (Å²) >= 11 is 0. The van der Waals surface area contributed by atoms with Gasteiger partial charge in [0.1, 0.15) is 0 Å². The van der Waals surface area contributed by atoms with E-state index in [1.165, 1.54) is 76.2 Å². The van der Waals surface area contributed by atoms with Crippen molar-refractivity contribution in [2.75, 3.05) is 0 Å². The molecule has 4 aliphatic carbocycles. The zero-order chi connectivity index (χ0) is 17.6. The molecule has 0 amide bonds. The lowest BCUT2D eigenvalue weighted by Gasteiger charge is -2.52. The highest BCUT2D eigenvalue weighted by atomic mass is 14.6. The van der Waals surface area contributed by atoms with Crippen molar-refractivity contribution >= 4 is 0 Å². The van der Waals surface area contributed by atoms with E-state index in [-0.39, 0.29) is 0 Å². The first-order valence-corrected chi connectivity index (χ1v) is 11.1. The van der Waals surface area contributed by atoms with Gasteiger partial charge in [0.15, 0.2) is 0 Å². The van der Waals surface area contributed by atoms with E-state index >= 15 is 0 Å². The summed E-state index contributed by atoms with van der Waals surface area (Å²) in [6.45, 7) is 0. The summed E-state index contributed by atoms with van der Waals surface area (Å²) in [5.41, 5.74) is 5.61. The average molecular weight is 345 g/mol. The van der Waals surface area contributed by atoms with Crippen LogP contribution >= 0.6 is 0 Å². The molecule has 3 saturated carbocycles. The van der Waals surface area contributed by atoms with Crippen LogP contribution in [-0.2, 0) is 0 Å². The van der Waals surface area contributed by atoms with E-state index in [0.29, 0.717) is 11.3 Å². The average Bonchev–Trinajstić information content (AvgIpc) is 3.14. The first-order chi connectivity index (χ1) is 12.8. The standard InChI is InChI=1S/C26H32/c1-2-24(20-10-4-3-5-11-20)26-17-8-13-25(26)23-15-14-19-9-6-7-12-21(19)22(23)16-18-26/h1,3-5,10-11,19,23-25H,6-9,12-18H2/t19?,23-,24?,25+,26+/m1/s1. The van der Waals surface area contributed by atoms with Gasteiger partial charge in [-0.2, -0.15) is 0 Å². The van der Waals surface area contributed by atoms with Crippen molar-refractivity contribution in [3.63, 3.8) is 0 Å². The molecule has 2 unspecified atom stereocenters. The van der Waals surface area contributed by atoms with Crippen molar-refractivity contribution in [3.8, 4) is 12.3 Å². The topological polar surface area (TPSA) is 0 Å². The minimum absolute atomic E-state index is 0.312. The normalized spacial score (nSPS) is 37.3. The van der Waals surface area contributed by atoms with Crippen molar-refractivity contribution < 1.29 is 0 Å². The van der Waals surface area contributed by atoms with Crippen molar-refractivity contribution in [2.24, 2.45) is 23.2 Å². The highest BCUT2D eigenvalue weighted by Gasteiger charge is 2.55. The second-order valence-corrected chi connectivity index (χ2v) is 9.42. The maximum atomic E-state index is 6.20. The third kappa shape index (κ3) is 2.43. The molecule has 0 N–H and O–H groups in total. The van der Waals surface area contributed by atoms with Gasteiger partial charge in [0.2, 0.25) is 0 Å². The first-order valence-electron chi connectivity index (χ1n) is 11.1. The fourth-order valence-corrected chi connectivity index (χ4v) is 7.55. The molecule has 5 rings (SSSR count). The maximum Gasteiger partial charge on any atom is 0.0508 e. The molecule has 136 valence electrons. The summed E-state index contributed by atoms with van der Waals surface area (Å²) in [6.07, 6.45) is 21.7. The van der Waals surface area contributed by atoms with Crippen LogP contribution in [0.4, 0.5) is 0 Å². The predicted octanol–water partition coefficient (Wildman–Crippen LogP) is 6.88. The van der Waals surface area contributed by atoms with E-state index in [1.54, 1.807) is 0 Å². The lowest BCUT2D eigenvalue weighted by molar-refractivity contribution is 0.0762. The van der Waals surface area contributed by atoms with E-state index in [0.717, 1.165) is 17.8 Å². The third-order valence-corrected chi connectivity index (χ3v) is 8.54. The van der Waals surface area contributed by atoms with Gasteiger partial charge >= 0.3 is 0 Å². The van der Waals surface area contributed by atoms with E-state index in [9.17, 15) is 0 Å². The fourth-order valence-electron chi connectivity index (χ4n) is 7.55. The second kappa shape index (κ2) is 6.60. The van der Waals surface area contributed by atoms with Crippen molar-refractivity contribution in [2.45, 2.75) is 76.5 Å². The van der Waals surface area contributed by atoms with Gasteiger partial charge in [-0.05, 0) is 86.5 Å². The monoisotopic (exact) mass is 344 g/mol. The molecule has 4 aliphatic rings. The minimum atomic E-state index is 0.312. The molecule has 1 aromatic carbocycles. The highest BCUT2D eigenvalue weighted by molar-refractivity contribution is 5.35. The van der Waals surface area contributed by atoms with Crippen LogP contribution in [0.15, 0.2) is 41.5 Å². The van der Waals surface area contributed by atoms with E-state index < -0.39 is 0 Å². The summed E-state index contributed by atoms with van der Waals surface area (Å²) in [5, 5.41) is 0. The summed E-state index contributed by atoms with van der Waals surface area (Å²) in [6, 6.07) is 11.0. The third-order valence-electron chi connectivity index (χ3n) is 8.54. The summed E-state index contributed by atoms with van der Waals surface area (Å²) in [4.78, 5) is 0. The second-order valence-electron chi connectivity index (χ2n) is 9.42. The van der Waals surface area contributed by atoms with Crippen molar-refractivity contribution in [1.82, 2.24) is 0 Å². The molecule has 0 heteroatoms. The van der Waals surface area contributed by atoms with Crippen LogP contribution in [0, 0.1) is 35.5 Å². The molecule has 0 saturated heterocycles. The fraction of sp³-hybridized carbons (Fsp3) is 0.615. The molecule has 1 aromatic rings. The SMILES string of the molecule is C#CC(c1ccccc1)[C@@]12CCC[C@H]1[C@@H]1CCC3CCCCC3=C1CC2. The Bertz CT molecular complexity index is 733. The molecule has 0 aromatic heterocycles. The molecule has 0 radical (unpaired) electrons. The Morgan fingerprint density at radius 1 is 0.885 bits per heavy atom. The molecule has 0 nitrogen and oxygen atoms in total. The maximum absolute atomic E-state index is 6.20. The van der Waals surface area contributed by atoms with Gasteiger partial charge in [-0.1, -0.05) is 60.2 Å². The Hall–Kier alpha value is -1.48. The molecule has 0 aliphatic heterocycles. The van der Waals surface area contributed by atoms with Gasteiger partial charge in [0, 0.05) is 0 Å². The van der Waals surface area contributed by atoms with Crippen LogP contribution in [0.1, 0.15) is 82.1 Å². The van der Waals surface area contributed by atoms with Gasteiger partial charge in [0.25, 0.3) is 0 Å². The van der Waals surface area contributed by atoms with E-state index in [4.69, 9.17) is 6.42 Å². The largest absolute Gasteiger partial charge is 0.119 e. The molecular formula is C26H32. The van der Waals surface area contributed by atoms with E-state index in [2.05, 4.69) is 36.3 Å². The van der Waals surface area contributed by atoms with Gasteiger partial charge < -0.3 is 0 Å². The summed E-state index contributed by atoms with van der Waals surface area (Å²) in [5.74, 6) is 6.24. The molecule has 0 spiro atoms. The molecule has 5 atom stereocenters. The van der Waals surface area contributed by atoms with Crippen LogP contribution in [-0.4, -0.2) is 0 Å². The Balaban J connectivity index is 1.53. The van der Waals surface area contributed by atoms with Crippen LogP contribution in [0.5, 0.6) is 0 Å². The van der Waals surface area contributed by atoms with Gasteiger partial charge in [-0.25, -0.2) is 0 Å². The Morgan fingerprint density at radius 3 is 2.62 bits per heavy atom. The minimum Gasteiger partial charge on any atom is -0.119 e. The Kier molecular flexibility index (Phi) is 4.23. The first kappa shape index (κ1) is 16.7. The number of terminal acetylenes is 1. The van der Waals surface area contributed by atoms with E-state index in [1.807, 2.05) is 11.1 Å². The Labute approximate surface area is 159 Å². The predicted molar refractivity (Wildman–Crippen MR) is 109 cm³/mol. The number of fused-ring (bicyclic) bond motifs is 4. The number of hydrogen-bond donors (Lipinski definition) is 0. The van der Waals surface area contributed by atoms with Gasteiger partial charge in [-0.3, -0.25) is 0 Å².